The third kappa shape index (κ3) is 2.95. The minimum absolute atomic E-state index is 0.0248. The first-order valence-electron chi connectivity index (χ1n) is 5.66. The first-order chi connectivity index (χ1) is 8.47. The fraction of sp³-hybridized carbons (Fsp3) is 0.417. The highest BCUT2D eigenvalue weighted by molar-refractivity contribution is 7.09. The van der Waals surface area contributed by atoms with Crippen LogP contribution < -0.4 is 5.32 Å². The first-order valence-corrected chi connectivity index (χ1v) is 6.54. The molecule has 6 heteroatoms. The molecular weight excluding hydrogens is 248 g/mol. The summed E-state index contributed by atoms with van der Waals surface area (Å²) in [5.41, 5.74) is 0.470. The van der Waals surface area contributed by atoms with Crippen LogP contribution in [-0.4, -0.2) is 20.7 Å². The van der Waals surface area contributed by atoms with Gasteiger partial charge in [-0.25, -0.2) is 4.98 Å². The number of nitrogens with zero attached hydrogens (tertiary/aromatic N) is 3. The molecule has 0 saturated heterocycles. The third-order valence-corrected chi connectivity index (χ3v) is 3.64. The van der Waals surface area contributed by atoms with Crippen LogP contribution in [0.3, 0.4) is 0 Å². The molecule has 0 atom stereocenters. The second-order valence-electron chi connectivity index (χ2n) is 4.71. The van der Waals surface area contributed by atoms with Gasteiger partial charge in [0.1, 0.15) is 5.01 Å². The molecule has 0 aliphatic carbocycles. The summed E-state index contributed by atoms with van der Waals surface area (Å²) in [6, 6.07) is 0. The van der Waals surface area contributed by atoms with Crippen LogP contribution in [0.4, 0.5) is 0 Å². The molecule has 0 bridgehead atoms. The number of nitrogens with one attached hydrogen (secondary N) is 1. The predicted molar refractivity (Wildman–Crippen MR) is 70.2 cm³/mol. The van der Waals surface area contributed by atoms with E-state index >= 15 is 0 Å². The summed E-state index contributed by atoms with van der Waals surface area (Å²) in [6.07, 6.45) is 5.63. The normalized spacial score (nSPS) is 11.5. The van der Waals surface area contributed by atoms with Gasteiger partial charge in [-0.15, -0.1) is 11.3 Å². The van der Waals surface area contributed by atoms with Gasteiger partial charge in [-0.2, -0.15) is 5.10 Å². The van der Waals surface area contributed by atoms with Crippen molar-refractivity contribution in [2.75, 3.05) is 0 Å². The summed E-state index contributed by atoms with van der Waals surface area (Å²) in [4.78, 5) is 16.2. The number of aromatic nitrogens is 3. The second-order valence-corrected chi connectivity index (χ2v) is 5.60. The van der Waals surface area contributed by atoms with Crippen molar-refractivity contribution in [1.82, 2.24) is 20.1 Å². The molecule has 0 spiro atoms. The van der Waals surface area contributed by atoms with Crippen molar-refractivity contribution in [1.29, 1.82) is 0 Å². The molecule has 96 valence electrons. The Hall–Kier alpha value is -1.69. The van der Waals surface area contributed by atoms with E-state index in [1.54, 1.807) is 17.1 Å². The van der Waals surface area contributed by atoms with Crippen LogP contribution in [0.2, 0.25) is 0 Å². The molecule has 0 saturated carbocycles. The molecule has 0 unspecified atom stereocenters. The van der Waals surface area contributed by atoms with Gasteiger partial charge in [-0.1, -0.05) is 0 Å². The second kappa shape index (κ2) is 4.89. The van der Waals surface area contributed by atoms with E-state index in [4.69, 9.17) is 0 Å². The molecule has 2 aromatic rings. The summed E-state index contributed by atoms with van der Waals surface area (Å²) in [5, 5.41) is 9.84. The lowest BCUT2D eigenvalue weighted by Gasteiger charge is -2.23. The molecule has 0 fully saturated rings. The van der Waals surface area contributed by atoms with E-state index < -0.39 is 5.54 Å². The smallest absolute Gasteiger partial charge is 0.225 e. The number of rotatable bonds is 4. The average molecular weight is 264 g/mol. The van der Waals surface area contributed by atoms with Crippen molar-refractivity contribution in [2.45, 2.75) is 25.8 Å². The minimum Gasteiger partial charge on any atom is -0.344 e. The van der Waals surface area contributed by atoms with Gasteiger partial charge in [-0.05, 0) is 19.4 Å². The molecule has 0 aromatic carbocycles. The number of thiazole rings is 1. The van der Waals surface area contributed by atoms with E-state index in [1.807, 2.05) is 32.5 Å². The highest BCUT2D eigenvalue weighted by Gasteiger charge is 2.25. The summed E-state index contributed by atoms with van der Waals surface area (Å²) < 4.78 is 1.69. The Bertz CT molecular complexity index is 530. The monoisotopic (exact) mass is 264 g/mol. The zero-order valence-electron chi connectivity index (χ0n) is 10.7. The number of carbonyl (C=O) groups excluding carboxylic acids is 1. The summed E-state index contributed by atoms with van der Waals surface area (Å²) >= 11 is 1.54. The number of hydrogen-bond donors (Lipinski definition) is 1. The van der Waals surface area contributed by atoms with Gasteiger partial charge in [0, 0.05) is 24.8 Å². The van der Waals surface area contributed by atoms with E-state index in [2.05, 4.69) is 15.4 Å². The molecule has 1 amide bonds. The Kier molecular flexibility index (Phi) is 3.47. The van der Waals surface area contributed by atoms with E-state index in [1.165, 1.54) is 11.3 Å². The highest BCUT2D eigenvalue weighted by Crippen LogP contribution is 2.21. The van der Waals surface area contributed by atoms with Crippen molar-refractivity contribution in [3.8, 4) is 0 Å². The molecule has 0 aliphatic heterocycles. The average Bonchev–Trinajstić information content (AvgIpc) is 2.88. The molecule has 2 heterocycles. The molecule has 2 rings (SSSR count). The SMILES string of the molecule is Cn1cc(CC(=O)NC(C)(C)c2nccs2)cn1. The maximum atomic E-state index is 12.0. The number of carbonyl (C=O) groups is 1. The zero-order chi connectivity index (χ0) is 13.2. The van der Waals surface area contributed by atoms with Crippen molar-refractivity contribution in [3.63, 3.8) is 0 Å². The quantitative estimate of drug-likeness (QED) is 0.909. The van der Waals surface area contributed by atoms with Crippen LogP contribution in [0.25, 0.3) is 0 Å². The topological polar surface area (TPSA) is 59.8 Å². The van der Waals surface area contributed by atoms with E-state index in [0.29, 0.717) is 6.42 Å². The fourth-order valence-electron chi connectivity index (χ4n) is 1.73. The Labute approximate surface area is 110 Å². The Morgan fingerprint density at radius 3 is 2.89 bits per heavy atom. The predicted octanol–water partition coefficient (Wildman–Crippen LogP) is 1.47. The van der Waals surface area contributed by atoms with Crippen LogP contribution in [0.1, 0.15) is 24.4 Å². The molecule has 0 aliphatic rings. The summed E-state index contributed by atoms with van der Waals surface area (Å²) in [5.74, 6) is -0.0248. The number of hydrogen-bond acceptors (Lipinski definition) is 4. The molecule has 2 aromatic heterocycles. The summed E-state index contributed by atoms with van der Waals surface area (Å²) in [6.45, 7) is 3.90. The van der Waals surface area contributed by atoms with Crippen LogP contribution in [0, 0.1) is 0 Å². The first kappa shape index (κ1) is 12.8. The van der Waals surface area contributed by atoms with Crippen LogP contribution >= 0.6 is 11.3 Å². The van der Waals surface area contributed by atoms with Gasteiger partial charge in [0.2, 0.25) is 5.91 Å². The molecule has 1 N–H and O–H groups in total. The lowest BCUT2D eigenvalue weighted by molar-refractivity contribution is -0.122. The van der Waals surface area contributed by atoms with Gasteiger partial charge in [-0.3, -0.25) is 9.48 Å². The van der Waals surface area contributed by atoms with Crippen LogP contribution in [-0.2, 0) is 23.8 Å². The van der Waals surface area contributed by atoms with Gasteiger partial charge in [0.05, 0.1) is 18.2 Å². The van der Waals surface area contributed by atoms with Gasteiger partial charge in [0.15, 0.2) is 0 Å². The fourth-order valence-corrected chi connectivity index (χ4v) is 2.44. The molecule has 5 nitrogen and oxygen atoms in total. The standard InChI is InChI=1S/C12H16N4OS/c1-12(2,11-13-4-5-18-11)15-10(17)6-9-7-14-16(3)8-9/h4-5,7-8H,6H2,1-3H3,(H,15,17). The number of aryl methyl sites for hydroxylation is 1. The van der Waals surface area contributed by atoms with Crippen molar-refractivity contribution >= 4 is 17.2 Å². The van der Waals surface area contributed by atoms with E-state index in [0.717, 1.165) is 10.6 Å². The summed E-state index contributed by atoms with van der Waals surface area (Å²) in [7, 11) is 1.83. The van der Waals surface area contributed by atoms with Gasteiger partial charge in [0.25, 0.3) is 0 Å². The maximum absolute atomic E-state index is 12.0. The van der Waals surface area contributed by atoms with E-state index in [9.17, 15) is 4.79 Å². The Morgan fingerprint density at radius 1 is 1.56 bits per heavy atom. The largest absolute Gasteiger partial charge is 0.344 e. The van der Waals surface area contributed by atoms with Crippen LogP contribution in [0.15, 0.2) is 24.0 Å². The van der Waals surface area contributed by atoms with Gasteiger partial charge < -0.3 is 5.32 Å². The van der Waals surface area contributed by atoms with E-state index in [-0.39, 0.29) is 5.91 Å². The van der Waals surface area contributed by atoms with Gasteiger partial charge >= 0.3 is 0 Å². The lowest BCUT2D eigenvalue weighted by Crippen LogP contribution is -2.41. The highest BCUT2D eigenvalue weighted by atomic mass is 32.1. The molecule has 18 heavy (non-hydrogen) atoms. The Balaban J connectivity index is 1.99. The minimum atomic E-state index is -0.437. The molecular formula is C12H16N4OS. The lowest BCUT2D eigenvalue weighted by atomic mass is 10.1. The third-order valence-electron chi connectivity index (χ3n) is 2.54. The Morgan fingerprint density at radius 2 is 2.33 bits per heavy atom. The number of amides is 1. The van der Waals surface area contributed by atoms with Crippen molar-refractivity contribution < 1.29 is 4.79 Å². The maximum Gasteiger partial charge on any atom is 0.225 e. The van der Waals surface area contributed by atoms with Crippen molar-refractivity contribution in [2.24, 2.45) is 7.05 Å². The zero-order valence-corrected chi connectivity index (χ0v) is 11.5. The van der Waals surface area contributed by atoms with Crippen LogP contribution in [0.5, 0.6) is 0 Å². The van der Waals surface area contributed by atoms with Crippen molar-refractivity contribution in [3.05, 3.63) is 34.5 Å². The molecule has 0 radical (unpaired) electrons.